The van der Waals surface area contributed by atoms with E-state index in [0.29, 0.717) is 0 Å². The van der Waals surface area contributed by atoms with Crippen molar-refractivity contribution in [1.82, 2.24) is 62.1 Å². The third-order valence-corrected chi connectivity index (χ3v) is 12.6. The molecule has 0 amide bonds. The van der Waals surface area contributed by atoms with E-state index in [-0.39, 0.29) is 295 Å². The number of pyridine rings is 10. The Labute approximate surface area is 781 Å². The van der Waals surface area contributed by atoms with Crippen LogP contribution >= 0.6 is 0 Å². The van der Waals surface area contributed by atoms with Crippen LogP contribution in [0.15, 0.2) is 238 Å². The number of nitrogens with zero attached hydrogens (tertiary/aromatic N) is 10. The smallest absolute Gasteiger partial charge is 0.760 e. The maximum Gasteiger partial charge on any atom is 2.00 e. The summed E-state index contributed by atoms with van der Waals surface area (Å²) in [5.41, 5.74) is 3.73. The average molecular weight is 2300 g/mol. The zero-order valence-corrected chi connectivity index (χ0v) is 77.0. The van der Waals surface area contributed by atoms with Gasteiger partial charge in [-0.25, -0.2) is 0 Å². The van der Waals surface area contributed by atoms with E-state index in [1.54, 1.807) is 38.6 Å². The number of aromatic carboxylic acids is 6. The van der Waals surface area contributed by atoms with Gasteiger partial charge in [0, 0.05) is 96.7 Å². The van der Waals surface area contributed by atoms with Crippen molar-refractivity contribution in [1.29, 1.82) is 0 Å². The quantitative estimate of drug-likeness (QED) is 0.0560. The summed E-state index contributed by atoms with van der Waals surface area (Å²) in [4.78, 5) is 100. The van der Waals surface area contributed by atoms with Crippen molar-refractivity contribution in [3.05, 3.63) is 241 Å². The van der Waals surface area contributed by atoms with Gasteiger partial charge in [-0.1, -0.05) is 115 Å². The number of fused-ring (bicyclic) bond motifs is 6. The van der Waals surface area contributed by atoms with E-state index in [2.05, 4.69) is 174 Å². The molecule has 10 heterocycles. The van der Waals surface area contributed by atoms with Gasteiger partial charge >= 0.3 is 173 Å². The van der Waals surface area contributed by atoms with Gasteiger partial charge in [0.05, 0.1) is 57.9 Å². The predicted octanol–water partition coefficient (Wildman–Crippen LogP) is -2.94. The molecule has 12 rings (SSSR count). The molecule has 0 aliphatic carbocycles. The summed E-state index contributed by atoms with van der Waals surface area (Å²) in [6.45, 7) is 3.86. The minimum Gasteiger partial charge on any atom is -0.760 e. The van der Waals surface area contributed by atoms with Crippen molar-refractivity contribution in [2.24, 2.45) is 0 Å². The second-order valence-electron chi connectivity index (χ2n) is 16.9. The molecule has 0 saturated heterocycles. The van der Waals surface area contributed by atoms with E-state index < -0.39 is 35.8 Å². The predicted molar refractivity (Wildman–Crippen MR) is 383 cm³/mol. The molecule has 0 spiro atoms. The average Bonchev–Trinajstić information content (AvgIpc) is 0.803. The van der Waals surface area contributed by atoms with Crippen LogP contribution in [-0.2, 0) is 271 Å². The number of carboxylic acids is 6. The summed E-state index contributed by atoms with van der Waals surface area (Å²) in [5, 5.41) is 81.3. The Hall–Kier alpha value is -5.59. The molecule has 110 heavy (non-hydrogen) atoms. The third kappa shape index (κ3) is 49.1. The summed E-state index contributed by atoms with van der Waals surface area (Å²) in [6, 6.07) is 41.5. The number of carbonyl (C=O) groups is 6. The van der Waals surface area contributed by atoms with Crippen LogP contribution in [0.4, 0.5) is 0 Å². The molecule has 0 radical (unpaired) electrons. The Morgan fingerprint density at radius 2 is 0.382 bits per heavy atom. The van der Waals surface area contributed by atoms with Gasteiger partial charge in [-0.15, -0.1) is 0 Å². The molecular weight excluding hydrogens is 2230 g/mol. The largest absolute Gasteiger partial charge is 2.00 e. The molecule has 2 aromatic carbocycles. The number of aromatic nitrogens is 10. The number of rotatable bonds is 6. The molecule has 46 heteroatoms. The normalized spacial score (nSPS) is 8.11. The fraction of sp³-hybridized carbons (Fsp3) is 0.0625. The summed E-state index contributed by atoms with van der Waals surface area (Å²) in [6.07, 6.45) is 15.8. The second kappa shape index (κ2) is 77.4. The number of hydrogen-bond donors (Lipinski definition) is 4. The van der Waals surface area contributed by atoms with Crippen LogP contribution in [0.3, 0.4) is 0 Å². The molecule has 0 unspecified atom stereocenters. The zero-order chi connectivity index (χ0) is 69.5. The van der Waals surface area contributed by atoms with Crippen molar-refractivity contribution in [2.75, 3.05) is 13.2 Å². The maximum atomic E-state index is 10.2. The first-order chi connectivity index (χ1) is 45.0. The van der Waals surface area contributed by atoms with Crippen LogP contribution < -0.4 is 42.9 Å². The van der Waals surface area contributed by atoms with Gasteiger partial charge in [-0.2, -0.15) is 0 Å². The van der Waals surface area contributed by atoms with Crippen molar-refractivity contribution in [3.63, 3.8) is 0 Å². The molecule has 0 fully saturated rings. The number of quaternary nitrogens is 2. The number of aliphatic hydroxyl groups excluding tert-OH is 2. The number of carboxylic acid groups (broad SMARTS) is 6. The first-order valence-electron chi connectivity index (χ1n) is 26.4. The van der Waals surface area contributed by atoms with Crippen LogP contribution in [0, 0.1) is 0 Å². The Bertz CT molecular complexity index is 3870. The number of hydrogen-bond acceptors (Lipinski definition) is 30. The Morgan fingerprint density at radius 3 is 0.482 bits per heavy atom. The molecule has 0 aliphatic rings. The monoisotopic (exact) mass is 2290 g/mol. The number of aliphatic hydroxyl groups is 2. The van der Waals surface area contributed by atoms with Crippen molar-refractivity contribution >= 4 is 155 Å². The van der Waals surface area contributed by atoms with Crippen LogP contribution in [0.25, 0.3) is 43.6 Å². The fourth-order valence-corrected chi connectivity index (χ4v) is 7.91. The van der Waals surface area contributed by atoms with Gasteiger partial charge in [0.1, 0.15) is 0 Å². The molecule has 608 valence electrons. The molecule has 0 atom stereocenters. The third-order valence-electron chi connectivity index (χ3n) is 10.6. The van der Waals surface area contributed by atoms with Gasteiger partial charge in [0.15, 0.2) is 0 Å². The molecule has 10 aromatic heterocycles. The van der Waals surface area contributed by atoms with Crippen LogP contribution in [-0.4, -0.2) is 120 Å². The molecular formula is C64H70Ag6N12O20S6Zn2+4. The van der Waals surface area contributed by atoms with E-state index in [1.807, 2.05) is 24.3 Å². The molecule has 12 aromatic rings. The number of carbonyl (C=O) groups excluding carboxylic acids is 6. The van der Waals surface area contributed by atoms with Crippen molar-refractivity contribution < 1.29 is 276 Å². The topological polar surface area (TPSA) is 678 Å². The van der Waals surface area contributed by atoms with E-state index in [0.717, 1.165) is 43.6 Å². The van der Waals surface area contributed by atoms with Gasteiger partial charge in [-0.3, -0.25) is 49.8 Å². The Kier molecular flexibility index (Phi) is 96.1. The fourth-order valence-electron chi connectivity index (χ4n) is 6.64. The minimum atomic E-state index is -1.28. The van der Waals surface area contributed by atoms with Gasteiger partial charge in [-0.05, 0) is 108 Å². The molecule has 26 N–H and O–H groups in total. The molecule has 0 bridgehead atoms. The summed E-state index contributed by atoms with van der Waals surface area (Å²) >= 11 is 27.6. The number of benzene rings is 2. The van der Waals surface area contributed by atoms with E-state index in [4.69, 9.17) is 10.2 Å². The SMILES string of the molecule is CCO.CCO.O.O.O=C([O-])c1cccnc1[S-].O=C([O-])c1cccnc1[S-].O=C([O-])c1cccnc1[S-].O=C([O-])c1cccnc1[S-].O=C([O-])c1cccnc1[S-].O=C([O-])c1cccnc1[S-].[Ag+].[Ag+].[Ag+].[Ag+].[Ag+].[Ag+].[NH4+].[NH4+].[OH3+].[OH3+].[OH3+].[OH3+].[Zn+2].[Zn+2].c1cnc2c(c1)ccc1cccnc12.c1cnc2c(c1)ccc1cccnc12. The zero-order valence-electron chi connectivity index (χ0n) is 57.3. The minimum absolute atomic E-state index is 0. The van der Waals surface area contributed by atoms with Gasteiger partial charge in [0.2, 0.25) is 0 Å². The van der Waals surface area contributed by atoms with Gasteiger partial charge < -0.3 is 191 Å². The van der Waals surface area contributed by atoms with Crippen LogP contribution in [0.5, 0.6) is 0 Å². The second-order valence-corrected chi connectivity index (χ2v) is 19.2. The van der Waals surface area contributed by atoms with Gasteiger partial charge in [0.25, 0.3) is 0 Å². The molecule has 0 aliphatic heterocycles. The van der Waals surface area contributed by atoms with Crippen LogP contribution in [0.2, 0.25) is 0 Å². The first kappa shape index (κ1) is 137. The standard InChI is InChI=1S/2C12H8N2.6C6H5NO2S.2C2H6O.6Ag.2H3N.6H2O.2Zn/c2*1-3-9-5-6-10-4-2-8-14-12(10)11(9)13-7-1;6*8-6(9)4-2-1-3-7-5(4)10;2*1-2-3;;;;;;;;;;;;;;;;/h2*1-8H;6*1-3H,(H,7,10)(H,8,9);2*3H,2H2,1H3;;;;;;;2*1H3;6*1H2;;/q;;;;;;;;;;6*+1;;;;;;;;;2*+2/p-6. The summed E-state index contributed by atoms with van der Waals surface area (Å²) < 4.78 is 0. The van der Waals surface area contributed by atoms with E-state index >= 15 is 0 Å². The van der Waals surface area contributed by atoms with Crippen molar-refractivity contribution in [2.45, 2.75) is 44.0 Å². The van der Waals surface area contributed by atoms with E-state index in [1.165, 1.54) is 110 Å². The van der Waals surface area contributed by atoms with E-state index in [9.17, 15) is 59.4 Å². The summed E-state index contributed by atoms with van der Waals surface area (Å²) in [5.74, 6) is -7.68. The first-order valence-corrected chi connectivity index (χ1v) is 28.9. The Morgan fingerprint density at radius 1 is 0.273 bits per heavy atom. The molecule has 0 saturated carbocycles. The maximum absolute atomic E-state index is 10.2. The van der Waals surface area contributed by atoms with Crippen molar-refractivity contribution in [3.8, 4) is 0 Å². The Balaban J connectivity index is -0.0000000777. The summed E-state index contributed by atoms with van der Waals surface area (Å²) in [7, 11) is 0. The molecule has 32 nitrogen and oxygen atoms in total. The van der Waals surface area contributed by atoms with Crippen LogP contribution in [0.1, 0.15) is 76.0 Å².